The molecule has 5 nitrogen and oxygen atoms in total. The Labute approximate surface area is 141 Å². The fourth-order valence-corrected chi connectivity index (χ4v) is 3.12. The van der Waals surface area contributed by atoms with Crippen LogP contribution in [0.1, 0.15) is 50.5 Å². The van der Waals surface area contributed by atoms with Crippen molar-refractivity contribution < 1.29 is 14.3 Å². The molecule has 1 aliphatic heterocycles. The number of carbonyl (C=O) groups is 1. The SMILES string of the molecule is CCC(CC)C(=O)N1N=C(c2ccccc2O)C[C@H]1c1ccco1. The molecule has 5 heteroatoms. The number of hydrazone groups is 1. The lowest BCUT2D eigenvalue weighted by atomic mass is 9.99. The summed E-state index contributed by atoms with van der Waals surface area (Å²) in [6.07, 6.45) is 3.68. The van der Waals surface area contributed by atoms with Crippen LogP contribution in [0.5, 0.6) is 5.75 Å². The summed E-state index contributed by atoms with van der Waals surface area (Å²) in [5, 5.41) is 16.2. The summed E-state index contributed by atoms with van der Waals surface area (Å²) in [5.74, 6) is 0.830. The Bertz CT molecular complexity index is 733. The van der Waals surface area contributed by atoms with Crippen LogP contribution < -0.4 is 0 Å². The molecule has 2 aromatic rings. The zero-order chi connectivity index (χ0) is 17.1. The minimum absolute atomic E-state index is 0.00632. The van der Waals surface area contributed by atoms with Gasteiger partial charge in [0.15, 0.2) is 0 Å². The summed E-state index contributed by atoms with van der Waals surface area (Å²) in [5.41, 5.74) is 1.36. The van der Waals surface area contributed by atoms with Crippen LogP contribution in [0.3, 0.4) is 0 Å². The summed E-state index contributed by atoms with van der Waals surface area (Å²) in [4.78, 5) is 12.9. The van der Waals surface area contributed by atoms with E-state index in [1.807, 2.05) is 38.1 Å². The molecule has 1 aromatic heterocycles. The molecule has 1 aromatic carbocycles. The number of furan rings is 1. The van der Waals surface area contributed by atoms with E-state index in [1.54, 1.807) is 18.4 Å². The van der Waals surface area contributed by atoms with Crippen molar-refractivity contribution in [1.29, 1.82) is 0 Å². The fraction of sp³-hybridized carbons (Fsp3) is 0.368. The lowest BCUT2D eigenvalue weighted by Gasteiger charge is -2.23. The van der Waals surface area contributed by atoms with E-state index in [2.05, 4.69) is 5.10 Å². The highest BCUT2D eigenvalue weighted by molar-refractivity contribution is 6.05. The average molecular weight is 326 g/mol. The second-order valence-corrected chi connectivity index (χ2v) is 6.00. The summed E-state index contributed by atoms with van der Waals surface area (Å²) in [6.45, 7) is 4.02. The van der Waals surface area contributed by atoms with Crippen LogP contribution in [0.25, 0.3) is 0 Å². The van der Waals surface area contributed by atoms with Crippen molar-refractivity contribution in [2.75, 3.05) is 0 Å². The first-order valence-electron chi connectivity index (χ1n) is 8.38. The van der Waals surface area contributed by atoms with Crippen molar-refractivity contribution in [3.63, 3.8) is 0 Å². The Kier molecular flexibility index (Phi) is 4.69. The molecular weight excluding hydrogens is 304 g/mol. The third-order valence-electron chi connectivity index (χ3n) is 4.56. The van der Waals surface area contributed by atoms with Gasteiger partial charge >= 0.3 is 0 Å². The number of phenols is 1. The van der Waals surface area contributed by atoms with Gasteiger partial charge in [-0.3, -0.25) is 4.79 Å². The topological polar surface area (TPSA) is 66.0 Å². The number of phenolic OH excluding ortho intramolecular Hbond substituents is 1. The van der Waals surface area contributed by atoms with Gasteiger partial charge in [0.05, 0.1) is 12.0 Å². The molecule has 1 N–H and O–H groups in total. The van der Waals surface area contributed by atoms with Crippen molar-refractivity contribution in [1.82, 2.24) is 5.01 Å². The number of hydrogen-bond acceptors (Lipinski definition) is 4. The van der Waals surface area contributed by atoms with Crippen molar-refractivity contribution in [3.8, 4) is 5.75 Å². The number of benzene rings is 1. The van der Waals surface area contributed by atoms with Gasteiger partial charge < -0.3 is 9.52 Å². The van der Waals surface area contributed by atoms with E-state index >= 15 is 0 Å². The zero-order valence-corrected chi connectivity index (χ0v) is 14.0. The second kappa shape index (κ2) is 6.91. The molecule has 0 radical (unpaired) electrons. The lowest BCUT2D eigenvalue weighted by Crippen LogP contribution is -2.32. The molecule has 0 spiro atoms. The van der Waals surface area contributed by atoms with Crippen LogP contribution in [0, 0.1) is 5.92 Å². The van der Waals surface area contributed by atoms with E-state index in [0.29, 0.717) is 23.5 Å². The van der Waals surface area contributed by atoms with Crippen LogP contribution in [0.2, 0.25) is 0 Å². The van der Waals surface area contributed by atoms with Crippen LogP contribution in [0.4, 0.5) is 0 Å². The minimum atomic E-state index is -0.261. The maximum Gasteiger partial charge on any atom is 0.246 e. The highest BCUT2D eigenvalue weighted by atomic mass is 16.3. The zero-order valence-electron chi connectivity index (χ0n) is 14.0. The molecule has 0 bridgehead atoms. The average Bonchev–Trinajstić information content (AvgIpc) is 3.25. The first-order valence-corrected chi connectivity index (χ1v) is 8.38. The molecule has 3 rings (SSSR count). The maximum absolute atomic E-state index is 12.9. The van der Waals surface area contributed by atoms with Crippen LogP contribution in [-0.2, 0) is 4.79 Å². The number of para-hydroxylation sites is 1. The van der Waals surface area contributed by atoms with Gasteiger partial charge in [-0.15, -0.1) is 0 Å². The predicted octanol–water partition coefficient (Wildman–Crippen LogP) is 4.10. The number of carbonyl (C=O) groups excluding carboxylic acids is 1. The van der Waals surface area contributed by atoms with Gasteiger partial charge in [0.25, 0.3) is 0 Å². The van der Waals surface area contributed by atoms with Crippen molar-refractivity contribution in [3.05, 3.63) is 54.0 Å². The molecule has 0 saturated carbocycles. The van der Waals surface area contributed by atoms with Gasteiger partial charge in [-0.2, -0.15) is 5.10 Å². The van der Waals surface area contributed by atoms with E-state index < -0.39 is 0 Å². The van der Waals surface area contributed by atoms with Gasteiger partial charge in [-0.1, -0.05) is 26.0 Å². The van der Waals surface area contributed by atoms with Crippen LogP contribution in [-0.4, -0.2) is 21.7 Å². The Balaban J connectivity index is 1.97. The number of rotatable bonds is 5. The van der Waals surface area contributed by atoms with E-state index in [4.69, 9.17) is 4.42 Å². The Hall–Kier alpha value is -2.56. The molecule has 0 saturated heterocycles. The smallest absolute Gasteiger partial charge is 0.246 e. The van der Waals surface area contributed by atoms with Crippen molar-refractivity contribution in [2.45, 2.75) is 39.2 Å². The number of hydrogen-bond donors (Lipinski definition) is 1. The van der Waals surface area contributed by atoms with Gasteiger partial charge in [0.2, 0.25) is 5.91 Å². The maximum atomic E-state index is 12.9. The molecule has 1 aliphatic rings. The van der Waals surface area contributed by atoms with E-state index in [9.17, 15) is 9.90 Å². The van der Waals surface area contributed by atoms with Crippen molar-refractivity contribution in [2.24, 2.45) is 11.0 Å². The molecule has 1 amide bonds. The van der Waals surface area contributed by atoms with Gasteiger partial charge in [-0.25, -0.2) is 5.01 Å². The van der Waals surface area contributed by atoms with Crippen molar-refractivity contribution >= 4 is 11.6 Å². The summed E-state index contributed by atoms with van der Waals surface area (Å²) < 4.78 is 5.53. The molecular formula is C19H22N2O3. The number of aromatic hydroxyl groups is 1. The Morgan fingerprint density at radius 3 is 2.67 bits per heavy atom. The molecule has 0 aliphatic carbocycles. The molecule has 1 atom stereocenters. The molecule has 2 heterocycles. The van der Waals surface area contributed by atoms with Crippen LogP contribution >= 0.6 is 0 Å². The monoisotopic (exact) mass is 326 g/mol. The Morgan fingerprint density at radius 1 is 1.29 bits per heavy atom. The largest absolute Gasteiger partial charge is 0.507 e. The highest BCUT2D eigenvalue weighted by Crippen LogP contribution is 2.36. The third kappa shape index (κ3) is 2.94. The molecule has 24 heavy (non-hydrogen) atoms. The Morgan fingerprint density at radius 2 is 2.04 bits per heavy atom. The lowest BCUT2D eigenvalue weighted by molar-refractivity contribution is -0.138. The van der Waals surface area contributed by atoms with Gasteiger partial charge in [0, 0.05) is 17.9 Å². The third-order valence-corrected chi connectivity index (χ3v) is 4.56. The summed E-state index contributed by atoms with van der Waals surface area (Å²) in [7, 11) is 0. The van der Waals surface area contributed by atoms with E-state index in [0.717, 1.165) is 12.8 Å². The fourth-order valence-electron chi connectivity index (χ4n) is 3.12. The normalized spacial score (nSPS) is 17.4. The standard InChI is InChI=1S/C19H22N2O3/c1-3-13(4-2)19(23)21-16(18-10-7-11-24-18)12-15(20-21)14-8-5-6-9-17(14)22/h5-11,13,16,22H,3-4,12H2,1-2H3/t16-/m0/s1. The van der Waals surface area contributed by atoms with E-state index in [1.165, 1.54) is 5.01 Å². The predicted molar refractivity (Wildman–Crippen MR) is 91.6 cm³/mol. The highest BCUT2D eigenvalue weighted by Gasteiger charge is 2.37. The van der Waals surface area contributed by atoms with Gasteiger partial charge in [-0.05, 0) is 37.1 Å². The summed E-state index contributed by atoms with van der Waals surface area (Å²) >= 11 is 0. The summed E-state index contributed by atoms with van der Waals surface area (Å²) in [6, 6.07) is 10.5. The first kappa shape index (κ1) is 16.3. The molecule has 0 unspecified atom stereocenters. The van der Waals surface area contributed by atoms with E-state index in [-0.39, 0.29) is 23.6 Å². The molecule has 126 valence electrons. The number of nitrogens with zero attached hydrogens (tertiary/aromatic N) is 2. The van der Waals surface area contributed by atoms with Crippen LogP contribution in [0.15, 0.2) is 52.2 Å². The molecule has 0 fully saturated rings. The second-order valence-electron chi connectivity index (χ2n) is 6.00. The first-order chi connectivity index (χ1) is 11.7. The van der Waals surface area contributed by atoms with Gasteiger partial charge in [0.1, 0.15) is 17.6 Å². The number of amides is 1. The minimum Gasteiger partial charge on any atom is -0.507 e. The quantitative estimate of drug-likeness (QED) is 0.899.